The van der Waals surface area contributed by atoms with Crippen LogP contribution in [-0.4, -0.2) is 80.3 Å². The third-order valence-electron chi connectivity index (χ3n) is 3.96. The summed E-state index contributed by atoms with van der Waals surface area (Å²) in [5, 5.41) is 0. The van der Waals surface area contributed by atoms with Crippen LogP contribution in [0.1, 0.15) is 26.3 Å². The molecule has 0 amide bonds. The molecule has 0 spiro atoms. The molecule has 0 atom stereocenters. The molecule has 0 radical (unpaired) electrons. The van der Waals surface area contributed by atoms with Crippen molar-refractivity contribution in [3.63, 3.8) is 0 Å². The van der Waals surface area contributed by atoms with E-state index in [4.69, 9.17) is 14.2 Å². The first-order valence-corrected chi connectivity index (χ1v) is 9.93. The molecule has 162 valence electrons. The van der Waals surface area contributed by atoms with Gasteiger partial charge in [-0.05, 0) is 26.3 Å². The van der Waals surface area contributed by atoms with Crippen molar-refractivity contribution in [2.24, 2.45) is 0 Å². The average molecular weight is 408 g/mol. The maximum atomic E-state index is 12.0. The normalized spacial score (nSPS) is 10.8. The highest BCUT2D eigenvalue weighted by Crippen LogP contribution is 2.05. The van der Waals surface area contributed by atoms with Gasteiger partial charge < -0.3 is 14.2 Å². The summed E-state index contributed by atoms with van der Waals surface area (Å²) in [6.45, 7) is 7.57. The van der Waals surface area contributed by atoms with Crippen LogP contribution in [0, 0.1) is 0 Å². The van der Waals surface area contributed by atoms with Gasteiger partial charge in [0.1, 0.15) is 0 Å². The Labute approximate surface area is 172 Å². The highest BCUT2D eigenvalue weighted by Gasteiger charge is 2.19. The molecule has 1 aromatic carbocycles. The van der Waals surface area contributed by atoms with Crippen molar-refractivity contribution in [3.05, 3.63) is 35.9 Å². The lowest BCUT2D eigenvalue weighted by Crippen LogP contribution is -2.42. The quantitative estimate of drug-likeness (QED) is 0.338. The summed E-state index contributed by atoms with van der Waals surface area (Å²) in [5.41, 5.74) is 1.05. The van der Waals surface area contributed by atoms with Gasteiger partial charge in [0, 0.05) is 19.6 Å². The van der Waals surface area contributed by atoms with Crippen LogP contribution in [0.15, 0.2) is 30.3 Å². The van der Waals surface area contributed by atoms with Crippen molar-refractivity contribution in [1.82, 2.24) is 9.80 Å². The molecule has 8 heteroatoms. The van der Waals surface area contributed by atoms with Crippen LogP contribution in [0.25, 0.3) is 0 Å². The number of carbonyl (C=O) groups is 3. The van der Waals surface area contributed by atoms with Crippen molar-refractivity contribution in [2.45, 2.75) is 27.3 Å². The summed E-state index contributed by atoms with van der Waals surface area (Å²) in [6, 6.07) is 9.76. The van der Waals surface area contributed by atoms with Gasteiger partial charge in [-0.1, -0.05) is 30.3 Å². The largest absolute Gasteiger partial charge is 0.465 e. The molecule has 29 heavy (non-hydrogen) atoms. The Hall–Kier alpha value is -2.45. The maximum Gasteiger partial charge on any atom is 0.320 e. The number of hydrogen-bond donors (Lipinski definition) is 0. The van der Waals surface area contributed by atoms with Crippen molar-refractivity contribution >= 4 is 17.9 Å². The minimum atomic E-state index is -0.406. The lowest BCUT2D eigenvalue weighted by Gasteiger charge is -2.26. The van der Waals surface area contributed by atoms with Gasteiger partial charge in [-0.2, -0.15) is 0 Å². The molecule has 0 saturated heterocycles. The van der Waals surface area contributed by atoms with Gasteiger partial charge in [0.05, 0.1) is 39.5 Å². The van der Waals surface area contributed by atoms with Gasteiger partial charge in [-0.25, -0.2) is 0 Å². The first-order chi connectivity index (χ1) is 14.0. The van der Waals surface area contributed by atoms with E-state index in [1.54, 1.807) is 25.7 Å². The molecule has 0 saturated carbocycles. The number of hydrogen-bond acceptors (Lipinski definition) is 8. The summed E-state index contributed by atoms with van der Waals surface area (Å²) < 4.78 is 15.1. The van der Waals surface area contributed by atoms with E-state index in [1.807, 2.05) is 35.2 Å². The number of benzene rings is 1. The SMILES string of the molecule is CCOC(=O)CN(CCN(CC(=O)OCC)Cc1ccccc1)CC(=O)OCC. The van der Waals surface area contributed by atoms with Gasteiger partial charge in [0.2, 0.25) is 0 Å². The van der Waals surface area contributed by atoms with Crippen LogP contribution in [0.3, 0.4) is 0 Å². The summed E-state index contributed by atoms with van der Waals surface area (Å²) in [5.74, 6) is -1.13. The van der Waals surface area contributed by atoms with Gasteiger partial charge in [0.25, 0.3) is 0 Å². The predicted octanol–water partition coefficient (Wildman–Crippen LogP) is 1.48. The zero-order chi connectivity index (χ0) is 21.5. The molecule has 0 aliphatic rings. The lowest BCUT2D eigenvalue weighted by molar-refractivity contribution is -0.149. The second kappa shape index (κ2) is 14.5. The molecule has 0 heterocycles. The highest BCUT2D eigenvalue weighted by molar-refractivity contribution is 5.75. The topological polar surface area (TPSA) is 85.4 Å². The van der Waals surface area contributed by atoms with E-state index in [-0.39, 0.29) is 38.8 Å². The Bertz CT molecular complexity index is 603. The summed E-state index contributed by atoms with van der Waals surface area (Å²) >= 11 is 0. The molecule has 0 aliphatic heterocycles. The molecular formula is C21H32N2O6. The number of nitrogens with zero attached hydrogens (tertiary/aromatic N) is 2. The van der Waals surface area contributed by atoms with Crippen molar-refractivity contribution in [1.29, 1.82) is 0 Å². The smallest absolute Gasteiger partial charge is 0.320 e. The monoisotopic (exact) mass is 408 g/mol. The molecule has 8 nitrogen and oxygen atoms in total. The standard InChI is InChI=1S/C21H32N2O6/c1-4-27-19(24)15-22(14-18-10-8-7-9-11-18)12-13-23(16-20(25)28-5-2)17-21(26)29-6-3/h7-11H,4-6,12-17H2,1-3H3. The molecule has 0 N–H and O–H groups in total. The van der Waals surface area contributed by atoms with E-state index in [0.29, 0.717) is 26.2 Å². The van der Waals surface area contributed by atoms with Crippen molar-refractivity contribution < 1.29 is 28.6 Å². The number of esters is 3. The Morgan fingerprint density at radius 1 is 0.690 bits per heavy atom. The minimum Gasteiger partial charge on any atom is -0.465 e. The van der Waals surface area contributed by atoms with E-state index < -0.39 is 11.9 Å². The molecule has 0 aromatic heterocycles. The minimum absolute atomic E-state index is 0.0226. The predicted molar refractivity (Wildman–Crippen MR) is 108 cm³/mol. The fourth-order valence-corrected chi connectivity index (χ4v) is 2.72. The Kier molecular flexibility index (Phi) is 12.3. The third-order valence-corrected chi connectivity index (χ3v) is 3.96. The lowest BCUT2D eigenvalue weighted by atomic mass is 10.2. The van der Waals surface area contributed by atoms with Crippen molar-refractivity contribution in [3.8, 4) is 0 Å². The zero-order valence-corrected chi connectivity index (χ0v) is 17.6. The second-order valence-electron chi connectivity index (χ2n) is 6.32. The molecule has 0 fully saturated rings. The molecule has 0 bridgehead atoms. The van der Waals surface area contributed by atoms with E-state index in [2.05, 4.69) is 0 Å². The summed E-state index contributed by atoms with van der Waals surface area (Å²) in [4.78, 5) is 39.4. The third kappa shape index (κ3) is 11.2. The van der Waals surface area contributed by atoms with E-state index in [9.17, 15) is 14.4 Å². The highest BCUT2D eigenvalue weighted by atomic mass is 16.5. The van der Waals surface area contributed by atoms with Gasteiger partial charge in [-0.15, -0.1) is 0 Å². The molecule has 1 aromatic rings. The Balaban J connectivity index is 2.77. The van der Waals surface area contributed by atoms with Crippen LogP contribution >= 0.6 is 0 Å². The van der Waals surface area contributed by atoms with E-state index in [1.165, 1.54) is 0 Å². The van der Waals surface area contributed by atoms with Crippen LogP contribution in [0.2, 0.25) is 0 Å². The number of carbonyl (C=O) groups excluding carboxylic acids is 3. The zero-order valence-electron chi connectivity index (χ0n) is 17.6. The van der Waals surface area contributed by atoms with Gasteiger partial charge >= 0.3 is 17.9 Å². The maximum absolute atomic E-state index is 12.0. The molecule has 0 aliphatic carbocycles. The van der Waals surface area contributed by atoms with Crippen LogP contribution in [0.5, 0.6) is 0 Å². The second-order valence-corrected chi connectivity index (χ2v) is 6.32. The molecular weight excluding hydrogens is 376 g/mol. The molecule has 1 rings (SSSR count). The van der Waals surface area contributed by atoms with E-state index >= 15 is 0 Å². The van der Waals surface area contributed by atoms with Crippen LogP contribution in [-0.2, 0) is 35.1 Å². The first kappa shape index (κ1) is 24.6. The fourth-order valence-electron chi connectivity index (χ4n) is 2.72. The van der Waals surface area contributed by atoms with Gasteiger partial charge in [-0.3, -0.25) is 24.2 Å². The fraction of sp³-hybridized carbons (Fsp3) is 0.571. The first-order valence-electron chi connectivity index (χ1n) is 9.93. The Morgan fingerprint density at radius 2 is 1.10 bits per heavy atom. The Morgan fingerprint density at radius 3 is 1.55 bits per heavy atom. The molecule has 0 unspecified atom stereocenters. The average Bonchev–Trinajstić information content (AvgIpc) is 2.67. The van der Waals surface area contributed by atoms with Crippen LogP contribution < -0.4 is 0 Å². The van der Waals surface area contributed by atoms with Gasteiger partial charge in [0.15, 0.2) is 0 Å². The van der Waals surface area contributed by atoms with E-state index in [0.717, 1.165) is 5.56 Å². The van der Waals surface area contributed by atoms with Crippen molar-refractivity contribution in [2.75, 3.05) is 52.5 Å². The van der Waals surface area contributed by atoms with Crippen LogP contribution in [0.4, 0.5) is 0 Å². The summed E-state index contributed by atoms with van der Waals surface area (Å²) in [6.07, 6.45) is 0. The summed E-state index contributed by atoms with van der Waals surface area (Å²) in [7, 11) is 0. The number of ether oxygens (including phenoxy) is 3. The number of rotatable bonds is 14.